The molecular formula is C16H22N2O4. The van der Waals surface area contributed by atoms with E-state index in [1.807, 2.05) is 0 Å². The first kappa shape index (κ1) is 15.0. The quantitative estimate of drug-likeness (QED) is 0.877. The van der Waals surface area contributed by atoms with E-state index in [-0.39, 0.29) is 11.9 Å². The minimum Gasteiger partial charge on any atom is -0.493 e. The molecular weight excluding hydrogens is 284 g/mol. The maximum Gasteiger partial charge on any atom is 0.251 e. The van der Waals surface area contributed by atoms with E-state index < -0.39 is 0 Å². The molecule has 3 rings (SSSR count). The maximum absolute atomic E-state index is 12.5. The first-order valence-corrected chi connectivity index (χ1v) is 7.71. The maximum atomic E-state index is 12.5. The molecule has 2 aliphatic rings. The molecule has 0 spiro atoms. The highest BCUT2D eigenvalue weighted by atomic mass is 16.6. The second kappa shape index (κ2) is 6.44. The van der Waals surface area contributed by atoms with Crippen LogP contribution in [0, 0.1) is 5.92 Å². The highest BCUT2D eigenvalue weighted by molar-refractivity contribution is 5.95. The van der Waals surface area contributed by atoms with Crippen LogP contribution in [0.5, 0.6) is 17.2 Å². The fourth-order valence-electron chi connectivity index (χ4n) is 3.16. The Bertz CT molecular complexity index is 544. The first-order chi connectivity index (χ1) is 10.7. The summed E-state index contributed by atoms with van der Waals surface area (Å²) < 4.78 is 16.4. The minimum atomic E-state index is -0.124. The molecule has 6 heteroatoms. The Balaban J connectivity index is 1.80. The van der Waals surface area contributed by atoms with E-state index in [1.54, 1.807) is 19.2 Å². The lowest BCUT2D eigenvalue weighted by Crippen LogP contribution is -2.39. The van der Waals surface area contributed by atoms with Crippen molar-refractivity contribution in [3.05, 3.63) is 17.7 Å². The predicted octanol–water partition coefficient (Wildman–Crippen LogP) is 1.32. The van der Waals surface area contributed by atoms with E-state index in [2.05, 4.69) is 5.32 Å². The minimum absolute atomic E-state index is 0.124. The number of hydrogen-bond acceptors (Lipinski definition) is 5. The van der Waals surface area contributed by atoms with Gasteiger partial charge in [-0.2, -0.15) is 0 Å². The molecule has 0 bridgehead atoms. The van der Waals surface area contributed by atoms with Gasteiger partial charge in [0.25, 0.3) is 5.91 Å². The summed E-state index contributed by atoms with van der Waals surface area (Å²) >= 11 is 0. The summed E-state index contributed by atoms with van der Waals surface area (Å²) in [6.07, 6.45) is 3.17. The molecule has 1 amide bonds. The molecule has 3 N–H and O–H groups in total. The van der Waals surface area contributed by atoms with E-state index in [1.165, 1.54) is 0 Å². The van der Waals surface area contributed by atoms with Gasteiger partial charge in [-0.15, -0.1) is 0 Å². The third-order valence-electron chi connectivity index (χ3n) is 4.37. The van der Waals surface area contributed by atoms with E-state index in [4.69, 9.17) is 19.9 Å². The second-order valence-electron chi connectivity index (χ2n) is 5.71. The Hall–Kier alpha value is -1.95. The predicted molar refractivity (Wildman–Crippen MR) is 81.6 cm³/mol. The van der Waals surface area contributed by atoms with Crippen molar-refractivity contribution in [2.24, 2.45) is 11.7 Å². The number of carbonyl (C=O) groups excluding carboxylic acids is 1. The zero-order valence-corrected chi connectivity index (χ0v) is 12.8. The van der Waals surface area contributed by atoms with Crippen molar-refractivity contribution < 1.29 is 19.0 Å². The Morgan fingerprint density at radius 2 is 2.18 bits per heavy atom. The lowest BCUT2D eigenvalue weighted by molar-refractivity contribution is 0.0927. The summed E-state index contributed by atoms with van der Waals surface area (Å²) in [6.45, 7) is 1.56. The molecule has 0 radical (unpaired) electrons. The monoisotopic (exact) mass is 306 g/mol. The van der Waals surface area contributed by atoms with Crippen LogP contribution in [0.15, 0.2) is 12.1 Å². The summed E-state index contributed by atoms with van der Waals surface area (Å²) in [5.41, 5.74) is 6.28. The van der Waals surface area contributed by atoms with Crippen LogP contribution >= 0.6 is 0 Å². The number of nitrogens with one attached hydrogen (secondary N) is 1. The third-order valence-corrected chi connectivity index (χ3v) is 4.37. The van der Waals surface area contributed by atoms with Crippen molar-refractivity contribution in [3.63, 3.8) is 0 Å². The number of amides is 1. The molecule has 1 saturated carbocycles. The average molecular weight is 306 g/mol. The fraction of sp³-hybridized carbons (Fsp3) is 0.562. The van der Waals surface area contributed by atoms with Gasteiger partial charge in [0.15, 0.2) is 11.5 Å². The van der Waals surface area contributed by atoms with Crippen molar-refractivity contribution >= 4 is 5.91 Å². The normalized spacial score (nSPS) is 23.2. The van der Waals surface area contributed by atoms with Crippen LogP contribution in [-0.4, -0.2) is 38.8 Å². The smallest absolute Gasteiger partial charge is 0.251 e. The molecule has 2 atom stereocenters. The van der Waals surface area contributed by atoms with Gasteiger partial charge < -0.3 is 25.3 Å². The summed E-state index contributed by atoms with van der Waals surface area (Å²) in [7, 11) is 1.55. The number of methoxy groups -OCH3 is 1. The molecule has 1 aromatic rings. The Morgan fingerprint density at radius 1 is 1.36 bits per heavy atom. The van der Waals surface area contributed by atoms with Crippen LogP contribution in [0.25, 0.3) is 0 Å². The average Bonchev–Trinajstić information content (AvgIpc) is 3.00. The molecule has 1 fully saturated rings. The van der Waals surface area contributed by atoms with E-state index in [0.29, 0.717) is 48.5 Å². The van der Waals surface area contributed by atoms with Crippen LogP contribution < -0.4 is 25.3 Å². The zero-order valence-electron chi connectivity index (χ0n) is 12.8. The van der Waals surface area contributed by atoms with Crippen molar-refractivity contribution in [3.8, 4) is 17.2 Å². The molecule has 120 valence electrons. The molecule has 1 aromatic carbocycles. The molecule has 2 unspecified atom stereocenters. The van der Waals surface area contributed by atoms with Crippen molar-refractivity contribution in [1.82, 2.24) is 5.32 Å². The molecule has 1 aliphatic heterocycles. The van der Waals surface area contributed by atoms with Crippen LogP contribution in [0.3, 0.4) is 0 Å². The first-order valence-electron chi connectivity index (χ1n) is 7.71. The van der Waals surface area contributed by atoms with Gasteiger partial charge in [-0.3, -0.25) is 4.79 Å². The largest absolute Gasteiger partial charge is 0.493 e. The lowest BCUT2D eigenvalue weighted by atomic mass is 10.0. The Morgan fingerprint density at radius 3 is 2.95 bits per heavy atom. The summed E-state index contributed by atoms with van der Waals surface area (Å²) in [5, 5.41) is 3.08. The molecule has 6 nitrogen and oxygen atoms in total. The van der Waals surface area contributed by atoms with Crippen molar-refractivity contribution in [2.45, 2.75) is 25.3 Å². The highest BCUT2D eigenvalue weighted by Gasteiger charge is 2.28. The SMILES string of the molecule is COc1cc(C(=O)NC2CCCC2CN)cc2c1OCCO2. The van der Waals surface area contributed by atoms with E-state index >= 15 is 0 Å². The van der Waals surface area contributed by atoms with Gasteiger partial charge in [0.2, 0.25) is 5.75 Å². The van der Waals surface area contributed by atoms with E-state index in [0.717, 1.165) is 19.3 Å². The number of rotatable bonds is 4. The summed E-state index contributed by atoms with van der Waals surface area (Å²) in [5.74, 6) is 1.87. The van der Waals surface area contributed by atoms with E-state index in [9.17, 15) is 4.79 Å². The molecule has 1 aliphatic carbocycles. The van der Waals surface area contributed by atoms with Crippen molar-refractivity contribution in [2.75, 3.05) is 26.9 Å². The van der Waals surface area contributed by atoms with Crippen LogP contribution in [0.4, 0.5) is 0 Å². The lowest BCUT2D eigenvalue weighted by Gasteiger charge is -2.23. The Kier molecular flexibility index (Phi) is 4.38. The second-order valence-corrected chi connectivity index (χ2v) is 5.71. The molecule has 1 heterocycles. The van der Waals surface area contributed by atoms with Crippen molar-refractivity contribution in [1.29, 1.82) is 0 Å². The van der Waals surface area contributed by atoms with Gasteiger partial charge >= 0.3 is 0 Å². The molecule has 0 saturated heterocycles. The number of carbonyl (C=O) groups is 1. The number of benzene rings is 1. The third kappa shape index (κ3) is 2.83. The van der Waals surface area contributed by atoms with Gasteiger partial charge in [-0.05, 0) is 37.4 Å². The summed E-state index contributed by atoms with van der Waals surface area (Å²) in [4.78, 5) is 12.5. The van der Waals surface area contributed by atoms with Crippen LogP contribution in [0.1, 0.15) is 29.6 Å². The number of ether oxygens (including phenoxy) is 3. The van der Waals surface area contributed by atoms with Gasteiger partial charge in [-0.25, -0.2) is 0 Å². The van der Waals surface area contributed by atoms with Gasteiger partial charge in [-0.1, -0.05) is 6.42 Å². The molecule has 0 aromatic heterocycles. The Labute approximate surface area is 129 Å². The fourth-order valence-corrected chi connectivity index (χ4v) is 3.16. The topological polar surface area (TPSA) is 82.8 Å². The standard InChI is InChI=1S/C16H22N2O4/c1-20-13-7-11(8-14-15(13)22-6-5-21-14)16(19)18-12-4-2-3-10(12)9-17/h7-8,10,12H,2-6,9,17H2,1H3,(H,18,19). The molecule has 22 heavy (non-hydrogen) atoms. The van der Waals surface area contributed by atoms with Crippen LogP contribution in [0.2, 0.25) is 0 Å². The number of hydrogen-bond donors (Lipinski definition) is 2. The zero-order chi connectivity index (χ0) is 15.5. The number of fused-ring (bicyclic) bond motifs is 1. The summed E-state index contributed by atoms with van der Waals surface area (Å²) in [6, 6.07) is 3.55. The van der Waals surface area contributed by atoms with Crippen LogP contribution in [-0.2, 0) is 0 Å². The van der Waals surface area contributed by atoms with Gasteiger partial charge in [0, 0.05) is 11.6 Å². The van der Waals surface area contributed by atoms with Gasteiger partial charge in [0.05, 0.1) is 7.11 Å². The number of nitrogens with two attached hydrogens (primary N) is 1. The van der Waals surface area contributed by atoms with Gasteiger partial charge in [0.1, 0.15) is 13.2 Å². The highest BCUT2D eigenvalue weighted by Crippen LogP contribution is 2.40.